The number of ether oxygens (including phenoxy) is 1. The maximum absolute atomic E-state index is 11.0. The van der Waals surface area contributed by atoms with Crippen molar-refractivity contribution in [3.05, 3.63) is 0 Å². The van der Waals surface area contributed by atoms with E-state index in [4.69, 9.17) is 21.9 Å². The van der Waals surface area contributed by atoms with Crippen molar-refractivity contribution in [2.45, 2.75) is 31.9 Å². The molecule has 0 aliphatic heterocycles. The molecule has 6 N–H and O–H groups in total. The molecule has 0 spiro atoms. The van der Waals surface area contributed by atoms with Gasteiger partial charge in [0.2, 0.25) is 0 Å². The van der Waals surface area contributed by atoms with Gasteiger partial charge in [0.15, 0.2) is 6.23 Å². The van der Waals surface area contributed by atoms with E-state index in [1.165, 1.54) is 0 Å². The molecule has 0 aromatic heterocycles. The molecule has 0 amide bonds. The fourth-order valence-corrected chi connectivity index (χ4v) is 0.852. The molecule has 0 aromatic rings. The van der Waals surface area contributed by atoms with Gasteiger partial charge >= 0.3 is 5.97 Å². The summed E-state index contributed by atoms with van der Waals surface area (Å²) in [7, 11) is 0. The lowest BCUT2D eigenvalue weighted by molar-refractivity contribution is -0.149. The van der Waals surface area contributed by atoms with Crippen LogP contribution in [-0.2, 0) is 9.53 Å². The lowest BCUT2D eigenvalue weighted by Gasteiger charge is -2.11. The summed E-state index contributed by atoms with van der Waals surface area (Å²) in [6.45, 7) is 1.06. The molecular formula is C8H19N3O2. The first kappa shape index (κ1) is 12.3. The first-order valence-corrected chi connectivity index (χ1v) is 4.56. The van der Waals surface area contributed by atoms with E-state index in [1.54, 1.807) is 0 Å². The quantitative estimate of drug-likeness (QED) is 0.362. The van der Waals surface area contributed by atoms with Crippen LogP contribution in [0, 0.1) is 0 Å². The number of carbonyl (C=O) groups is 1. The van der Waals surface area contributed by atoms with Gasteiger partial charge in [-0.2, -0.15) is 0 Å². The average Bonchev–Trinajstić information content (AvgIpc) is 2.11. The van der Waals surface area contributed by atoms with Gasteiger partial charge in [-0.1, -0.05) is 0 Å². The van der Waals surface area contributed by atoms with Crippen LogP contribution in [-0.4, -0.2) is 25.3 Å². The first-order valence-electron chi connectivity index (χ1n) is 4.56. The van der Waals surface area contributed by atoms with Crippen LogP contribution < -0.4 is 17.2 Å². The smallest absolute Gasteiger partial charge is 0.307 e. The van der Waals surface area contributed by atoms with Gasteiger partial charge in [-0.15, -0.1) is 0 Å². The highest BCUT2D eigenvalue weighted by Gasteiger charge is 2.08. The van der Waals surface area contributed by atoms with Crippen LogP contribution in [0.15, 0.2) is 0 Å². The molecule has 13 heavy (non-hydrogen) atoms. The molecule has 0 heterocycles. The van der Waals surface area contributed by atoms with E-state index in [0.717, 1.165) is 6.42 Å². The van der Waals surface area contributed by atoms with Crippen LogP contribution in [0.25, 0.3) is 0 Å². The molecule has 1 atom stereocenters. The molecule has 5 nitrogen and oxygen atoms in total. The van der Waals surface area contributed by atoms with E-state index in [0.29, 0.717) is 32.4 Å². The number of hydrogen-bond acceptors (Lipinski definition) is 5. The number of carbonyl (C=O) groups excluding carboxylic acids is 1. The van der Waals surface area contributed by atoms with E-state index in [1.807, 2.05) is 0 Å². The number of esters is 1. The van der Waals surface area contributed by atoms with Crippen LogP contribution in [0.4, 0.5) is 0 Å². The van der Waals surface area contributed by atoms with Crippen LogP contribution in [0.3, 0.4) is 0 Å². The lowest BCUT2D eigenvalue weighted by atomic mass is 10.3. The highest BCUT2D eigenvalue weighted by Crippen LogP contribution is 1.98. The summed E-state index contributed by atoms with van der Waals surface area (Å²) in [5, 5.41) is 0. The molecular weight excluding hydrogens is 170 g/mol. The van der Waals surface area contributed by atoms with Gasteiger partial charge in [-0.3, -0.25) is 10.5 Å². The summed E-state index contributed by atoms with van der Waals surface area (Å²) < 4.78 is 4.88. The van der Waals surface area contributed by atoms with Gasteiger partial charge < -0.3 is 16.2 Å². The third-order valence-electron chi connectivity index (χ3n) is 1.56. The predicted octanol–water partition coefficient (Wildman–Crippen LogP) is -0.708. The van der Waals surface area contributed by atoms with Gasteiger partial charge in [-0.25, -0.2) is 0 Å². The Balaban J connectivity index is 3.41. The molecule has 0 rings (SSSR count). The minimum absolute atomic E-state index is 0.282. The molecule has 0 aliphatic rings. The van der Waals surface area contributed by atoms with Crippen LogP contribution in [0.1, 0.15) is 25.7 Å². The first-order chi connectivity index (χ1) is 6.20. The van der Waals surface area contributed by atoms with E-state index in [2.05, 4.69) is 0 Å². The molecule has 5 heteroatoms. The predicted molar refractivity (Wildman–Crippen MR) is 50.6 cm³/mol. The minimum atomic E-state index is -0.520. The van der Waals surface area contributed by atoms with Gasteiger partial charge in [-0.05, 0) is 32.4 Å². The van der Waals surface area contributed by atoms with Crippen molar-refractivity contribution in [1.29, 1.82) is 0 Å². The van der Waals surface area contributed by atoms with E-state index in [9.17, 15) is 4.79 Å². The summed E-state index contributed by atoms with van der Waals surface area (Å²) in [5.74, 6) is -0.282. The Morgan fingerprint density at radius 3 is 2.38 bits per heavy atom. The molecule has 0 saturated heterocycles. The van der Waals surface area contributed by atoms with Crippen LogP contribution in [0.2, 0.25) is 0 Å². The summed E-state index contributed by atoms with van der Waals surface area (Å²) >= 11 is 0. The van der Waals surface area contributed by atoms with E-state index < -0.39 is 6.23 Å². The molecule has 0 radical (unpaired) electrons. The van der Waals surface area contributed by atoms with Crippen molar-refractivity contribution in [2.75, 3.05) is 13.1 Å². The number of nitrogens with two attached hydrogens (primary N) is 3. The fourth-order valence-electron chi connectivity index (χ4n) is 0.852. The van der Waals surface area contributed by atoms with E-state index >= 15 is 0 Å². The third-order valence-corrected chi connectivity index (χ3v) is 1.56. The molecule has 0 aliphatic carbocycles. The van der Waals surface area contributed by atoms with Gasteiger partial charge in [0, 0.05) is 6.42 Å². The zero-order chi connectivity index (χ0) is 10.1. The maximum Gasteiger partial charge on any atom is 0.307 e. The highest BCUT2D eigenvalue weighted by molar-refractivity contribution is 5.69. The van der Waals surface area contributed by atoms with Crippen molar-refractivity contribution in [2.24, 2.45) is 17.2 Å². The number of hydrogen-bond donors (Lipinski definition) is 3. The summed E-state index contributed by atoms with van der Waals surface area (Å²) in [4.78, 5) is 11.0. The molecule has 0 saturated carbocycles. The van der Waals surface area contributed by atoms with Gasteiger partial charge in [0.05, 0.1) is 0 Å². The summed E-state index contributed by atoms with van der Waals surface area (Å²) in [6.07, 6.45) is 1.85. The third kappa shape index (κ3) is 7.70. The largest absolute Gasteiger partial charge is 0.447 e. The topological polar surface area (TPSA) is 104 Å². The Hall–Kier alpha value is -0.650. The molecule has 0 fully saturated rings. The normalized spacial score (nSPS) is 12.5. The highest BCUT2D eigenvalue weighted by atomic mass is 16.6. The van der Waals surface area contributed by atoms with Gasteiger partial charge in [0.1, 0.15) is 0 Å². The molecule has 0 bridgehead atoms. The SMILES string of the molecule is NCCCC(=O)OC(N)CCCN. The Morgan fingerprint density at radius 2 is 1.85 bits per heavy atom. The van der Waals surface area contributed by atoms with Crippen molar-refractivity contribution in [3.8, 4) is 0 Å². The Labute approximate surface area is 78.6 Å². The monoisotopic (exact) mass is 189 g/mol. The zero-order valence-corrected chi connectivity index (χ0v) is 7.87. The minimum Gasteiger partial charge on any atom is -0.447 e. The Kier molecular flexibility index (Phi) is 7.57. The lowest BCUT2D eigenvalue weighted by Crippen LogP contribution is -2.28. The van der Waals surface area contributed by atoms with Crippen LogP contribution >= 0.6 is 0 Å². The second-order valence-electron chi connectivity index (χ2n) is 2.85. The van der Waals surface area contributed by atoms with Crippen LogP contribution in [0.5, 0.6) is 0 Å². The van der Waals surface area contributed by atoms with Crippen molar-refractivity contribution < 1.29 is 9.53 Å². The second-order valence-corrected chi connectivity index (χ2v) is 2.85. The maximum atomic E-state index is 11.0. The van der Waals surface area contributed by atoms with Crippen molar-refractivity contribution >= 4 is 5.97 Å². The fraction of sp³-hybridized carbons (Fsp3) is 0.875. The van der Waals surface area contributed by atoms with E-state index in [-0.39, 0.29) is 5.97 Å². The molecule has 0 aromatic carbocycles. The summed E-state index contributed by atoms with van der Waals surface area (Å²) in [6, 6.07) is 0. The average molecular weight is 189 g/mol. The number of rotatable bonds is 7. The Morgan fingerprint density at radius 1 is 1.23 bits per heavy atom. The van der Waals surface area contributed by atoms with Gasteiger partial charge in [0.25, 0.3) is 0 Å². The second kappa shape index (κ2) is 7.97. The van der Waals surface area contributed by atoms with Crippen molar-refractivity contribution in [3.63, 3.8) is 0 Å². The molecule has 1 unspecified atom stereocenters. The zero-order valence-electron chi connectivity index (χ0n) is 7.87. The van der Waals surface area contributed by atoms with Crippen molar-refractivity contribution in [1.82, 2.24) is 0 Å². The standard InChI is InChI=1S/C8H19N3O2/c9-5-1-3-7(11)13-8(12)4-2-6-10/h7H,1-6,9-11H2. The Bertz CT molecular complexity index is 141. The summed E-state index contributed by atoms with van der Waals surface area (Å²) in [5.41, 5.74) is 16.0. The molecule has 78 valence electrons.